The standard InChI is InChI=1S/C17H18ClIN2O4S/c1-3-25-16-9-8-14(10-15(16)18)26(23,24)21(2)11-17(22)20-13-6-4-12(19)5-7-13/h4-10H,3,11H2,1-2H3,(H,20,22). The second kappa shape index (κ2) is 9.03. The summed E-state index contributed by atoms with van der Waals surface area (Å²) in [6.45, 7) is 1.91. The molecule has 2 rings (SSSR count). The van der Waals surface area contributed by atoms with Crippen LogP contribution in [0, 0.1) is 3.57 Å². The number of benzene rings is 2. The highest BCUT2D eigenvalue weighted by atomic mass is 127. The van der Waals surface area contributed by atoms with Crippen molar-refractivity contribution in [3.05, 3.63) is 51.1 Å². The van der Waals surface area contributed by atoms with Crippen molar-refractivity contribution in [3.8, 4) is 5.75 Å². The van der Waals surface area contributed by atoms with Gasteiger partial charge in [-0.15, -0.1) is 0 Å². The average Bonchev–Trinajstić information content (AvgIpc) is 2.58. The van der Waals surface area contributed by atoms with Crippen LogP contribution in [0.4, 0.5) is 5.69 Å². The topological polar surface area (TPSA) is 75.7 Å². The van der Waals surface area contributed by atoms with E-state index in [1.54, 1.807) is 19.1 Å². The summed E-state index contributed by atoms with van der Waals surface area (Å²) >= 11 is 8.21. The van der Waals surface area contributed by atoms with Crippen molar-refractivity contribution < 1.29 is 17.9 Å². The molecular weight excluding hydrogens is 491 g/mol. The van der Waals surface area contributed by atoms with Gasteiger partial charge in [0.05, 0.1) is 23.1 Å². The molecule has 0 atom stereocenters. The number of amides is 1. The molecule has 0 aromatic heterocycles. The minimum absolute atomic E-state index is 0.00415. The molecule has 2 aromatic carbocycles. The Labute approximate surface area is 171 Å². The Bertz CT molecular complexity index is 888. The number of carbonyl (C=O) groups is 1. The van der Waals surface area contributed by atoms with Crippen LogP contribution in [0.15, 0.2) is 47.4 Å². The zero-order chi connectivity index (χ0) is 19.3. The van der Waals surface area contributed by atoms with E-state index in [-0.39, 0.29) is 16.5 Å². The summed E-state index contributed by atoms with van der Waals surface area (Å²) in [7, 11) is -2.52. The van der Waals surface area contributed by atoms with Crippen LogP contribution < -0.4 is 10.1 Å². The number of hydrogen-bond acceptors (Lipinski definition) is 4. The lowest BCUT2D eigenvalue weighted by atomic mass is 10.3. The molecule has 6 nitrogen and oxygen atoms in total. The molecule has 0 aliphatic heterocycles. The minimum Gasteiger partial charge on any atom is -0.492 e. The molecule has 0 radical (unpaired) electrons. The van der Waals surface area contributed by atoms with Gasteiger partial charge in [-0.05, 0) is 72.0 Å². The maximum absolute atomic E-state index is 12.6. The number of likely N-dealkylation sites (N-methyl/N-ethyl adjacent to an activating group) is 1. The number of nitrogens with zero attached hydrogens (tertiary/aromatic N) is 1. The molecule has 0 heterocycles. The fourth-order valence-corrected chi connectivity index (χ4v) is 3.93. The Hall–Kier alpha value is -1.36. The maximum atomic E-state index is 12.6. The lowest BCUT2D eigenvalue weighted by molar-refractivity contribution is -0.116. The molecular formula is C17H18ClIN2O4S. The molecule has 1 amide bonds. The van der Waals surface area contributed by atoms with Gasteiger partial charge in [-0.1, -0.05) is 11.6 Å². The number of ether oxygens (including phenoxy) is 1. The smallest absolute Gasteiger partial charge is 0.243 e. The zero-order valence-electron chi connectivity index (χ0n) is 14.2. The molecule has 0 bridgehead atoms. The van der Waals surface area contributed by atoms with E-state index in [1.807, 2.05) is 12.1 Å². The normalized spacial score (nSPS) is 11.4. The number of anilines is 1. The minimum atomic E-state index is -3.86. The summed E-state index contributed by atoms with van der Waals surface area (Å²) in [6, 6.07) is 11.4. The van der Waals surface area contributed by atoms with Crippen molar-refractivity contribution in [2.24, 2.45) is 0 Å². The number of carbonyl (C=O) groups excluding carboxylic acids is 1. The SMILES string of the molecule is CCOc1ccc(S(=O)(=O)N(C)CC(=O)Nc2ccc(I)cc2)cc1Cl. The third kappa shape index (κ3) is 5.32. The lowest BCUT2D eigenvalue weighted by Gasteiger charge is -2.17. The molecule has 0 aliphatic carbocycles. The second-order valence-electron chi connectivity index (χ2n) is 5.34. The van der Waals surface area contributed by atoms with Crippen molar-refractivity contribution in [1.82, 2.24) is 4.31 Å². The van der Waals surface area contributed by atoms with E-state index in [4.69, 9.17) is 16.3 Å². The number of rotatable bonds is 7. The quantitative estimate of drug-likeness (QED) is 0.580. The van der Waals surface area contributed by atoms with Crippen LogP contribution in [-0.2, 0) is 14.8 Å². The molecule has 0 saturated heterocycles. The van der Waals surface area contributed by atoms with Crippen LogP contribution in [0.2, 0.25) is 5.02 Å². The maximum Gasteiger partial charge on any atom is 0.243 e. The van der Waals surface area contributed by atoms with Crippen LogP contribution in [0.25, 0.3) is 0 Å². The van der Waals surface area contributed by atoms with E-state index in [0.29, 0.717) is 18.0 Å². The molecule has 0 saturated carbocycles. The van der Waals surface area contributed by atoms with Crippen LogP contribution in [0.3, 0.4) is 0 Å². The fraction of sp³-hybridized carbons (Fsp3) is 0.235. The monoisotopic (exact) mass is 508 g/mol. The summed E-state index contributed by atoms with van der Waals surface area (Å²) in [5.41, 5.74) is 0.602. The van der Waals surface area contributed by atoms with E-state index in [1.165, 1.54) is 25.2 Å². The third-order valence-electron chi connectivity index (χ3n) is 3.41. The molecule has 0 unspecified atom stereocenters. The van der Waals surface area contributed by atoms with Crippen molar-refractivity contribution in [1.29, 1.82) is 0 Å². The number of halogens is 2. The molecule has 0 spiro atoms. The van der Waals surface area contributed by atoms with Crippen molar-refractivity contribution >= 4 is 55.8 Å². The van der Waals surface area contributed by atoms with Gasteiger partial charge in [0.1, 0.15) is 5.75 Å². The average molecular weight is 509 g/mol. The van der Waals surface area contributed by atoms with E-state index < -0.39 is 15.9 Å². The number of sulfonamides is 1. The summed E-state index contributed by atoms with van der Waals surface area (Å²) in [5.74, 6) is -0.0264. The largest absolute Gasteiger partial charge is 0.492 e. The summed E-state index contributed by atoms with van der Waals surface area (Å²) in [4.78, 5) is 12.1. The van der Waals surface area contributed by atoms with E-state index in [2.05, 4.69) is 27.9 Å². The molecule has 26 heavy (non-hydrogen) atoms. The molecule has 140 valence electrons. The van der Waals surface area contributed by atoms with Gasteiger partial charge >= 0.3 is 0 Å². The van der Waals surface area contributed by atoms with Crippen LogP contribution in [0.1, 0.15) is 6.92 Å². The first-order valence-corrected chi connectivity index (χ1v) is 10.6. The van der Waals surface area contributed by atoms with Gasteiger partial charge in [-0.3, -0.25) is 4.79 Å². The van der Waals surface area contributed by atoms with Gasteiger partial charge in [0, 0.05) is 16.3 Å². The van der Waals surface area contributed by atoms with Gasteiger partial charge in [-0.2, -0.15) is 4.31 Å². The van der Waals surface area contributed by atoms with Gasteiger partial charge in [-0.25, -0.2) is 8.42 Å². The summed E-state index contributed by atoms with van der Waals surface area (Å²) in [6.07, 6.45) is 0. The van der Waals surface area contributed by atoms with Crippen LogP contribution in [-0.4, -0.2) is 38.8 Å². The Morgan fingerprint density at radius 3 is 2.46 bits per heavy atom. The Kier molecular flexibility index (Phi) is 7.27. The predicted octanol–water partition coefficient (Wildman–Crippen LogP) is 3.60. The Morgan fingerprint density at radius 1 is 1.23 bits per heavy atom. The van der Waals surface area contributed by atoms with E-state index >= 15 is 0 Å². The summed E-state index contributed by atoms with van der Waals surface area (Å²) < 4.78 is 32.6. The highest BCUT2D eigenvalue weighted by Crippen LogP contribution is 2.28. The second-order valence-corrected chi connectivity index (χ2v) is 9.04. The highest BCUT2D eigenvalue weighted by Gasteiger charge is 2.24. The van der Waals surface area contributed by atoms with Gasteiger partial charge < -0.3 is 10.1 Å². The first-order chi connectivity index (χ1) is 12.2. The Morgan fingerprint density at radius 2 is 1.88 bits per heavy atom. The highest BCUT2D eigenvalue weighted by molar-refractivity contribution is 14.1. The predicted molar refractivity (Wildman–Crippen MR) is 110 cm³/mol. The first-order valence-electron chi connectivity index (χ1n) is 7.68. The van der Waals surface area contributed by atoms with Crippen LogP contribution in [0.5, 0.6) is 5.75 Å². The third-order valence-corrected chi connectivity index (χ3v) is 6.22. The van der Waals surface area contributed by atoms with Gasteiger partial charge in [0.2, 0.25) is 15.9 Å². The molecule has 1 N–H and O–H groups in total. The molecule has 0 fully saturated rings. The Balaban J connectivity index is 2.09. The number of nitrogens with one attached hydrogen (secondary N) is 1. The summed E-state index contributed by atoms with van der Waals surface area (Å²) in [5, 5.41) is 2.87. The molecule has 9 heteroatoms. The van der Waals surface area contributed by atoms with Gasteiger partial charge in [0.25, 0.3) is 0 Å². The van der Waals surface area contributed by atoms with E-state index in [9.17, 15) is 13.2 Å². The van der Waals surface area contributed by atoms with Crippen LogP contribution >= 0.6 is 34.2 Å². The fourth-order valence-electron chi connectivity index (χ4n) is 2.12. The first kappa shape index (κ1) is 20.9. The van der Waals surface area contributed by atoms with Crippen molar-refractivity contribution in [3.63, 3.8) is 0 Å². The number of hydrogen-bond donors (Lipinski definition) is 1. The zero-order valence-corrected chi connectivity index (χ0v) is 17.9. The van der Waals surface area contributed by atoms with Gasteiger partial charge in [0.15, 0.2) is 0 Å². The van der Waals surface area contributed by atoms with Crippen molar-refractivity contribution in [2.45, 2.75) is 11.8 Å². The molecule has 2 aromatic rings. The van der Waals surface area contributed by atoms with Crippen molar-refractivity contribution in [2.75, 3.05) is 25.5 Å². The lowest BCUT2D eigenvalue weighted by Crippen LogP contribution is -2.35. The molecule has 0 aliphatic rings. The van der Waals surface area contributed by atoms with E-state index in [0.717, 1.165) is 7.88 Å².